The Bertz CT molecular complexity index is 441. The van der Waals surface area contributed by atoms with Gasteiger partial charge in [-0.05, 0) is 36.2 Å². The summed E-state index contributed by atoms with van der Waals surface area (Å²) >= 11 is 3.05. The molecule has 0 fully saturated rings. The Morgan fingerprint density at radius 2 is 2.35 bits per heavy atom. The number of hydrogen-bond donors (Lipinski definition) is 1. The van der Waals surface area contributed by atoms with Crippen LogP contribution in [0.1, 0.15) is 18.9 Å². The van der Waals surface area contributed by atoms with Crippen LogP contribution in [0.25, 0.3) is 0 Å². The highest BCUT2D eigenvalue weighted by molar-refractivity contribution is 8.00. The summed E-state index contributed by atoms with van der Waals surface area (Å²) in [7, 11) is 0. The Labute approximate surface area is 109 Å². The second-order valence-corrected chi connectivity index (χ2v) is 5.78. The van der Waals surface area contributed by atoms with Gasteiger partial charge in [-0.1, -0.05) is 24.3 Å². The zero-order valence-electron chi connectivity index (χ0n) is 9.54. The van der Waals surface area contributed by atoms with E-state index in [4.69, 9.17) is 5.73 Å². The molecule has 0 radical (unpaired) electrons. The normalized spacial score (nSPS) is 12.6. The highest BCUT2D eigenvalue weighted by atomic mass is 32.2. The van der Waals surface area contributed by atoms with Gasteiger partial charge in [-0.2, -0.15) is 0 Å². The standard InChI is InChI=1S/C11H14N4S2/c1-2-9(12)5-8-3-4-10(13-6-8)17-11-15-14-7-16-11/h3-4,6-7,9H,2,5,12H2,1H3. The smallest absolute Gasteiger partial charge is 0.180 e. The molecule has 0 aliphatic carbocycles. The van der Waals surface area contributed by atoms with Gasteiger partial charge in [-0.3, -0.25) is 0 Å². The van der Waals surface area contributed by atoms with Crippen LogP contribution in [0.15, 0.2) is 33.2 Å². The van der Waals surface area contributed by atoms with Crippen LogP contribution in [0.2, 0.25) is 0 Å². The second-order valence-electron chi connectivity index (χ2n) is 3.68. The molecule has 90 valence electrons. The van der Waals surface area contributed by atoms with E-state index in [1.807, 2.05) is 12.3 Å². The van der Waals surface area contributed by atoms with Crippen molar-refractivity contribution in [2.24, 2.45) is 5.73 Å². The van der Waals surface area contributed by atoms with Gasteiger partial charge in [0.2, 0.25) is 0 Å². The topological polar surface area (TPSA) is 64.7 Å². The number of pyridine rings is 1. The predicted molar refractivity (Wildman–Crippen MR) is 70.2 cm³/mol. The molecule has 4 nitrogen and oxygen atoms in total. The van der Waals surface area contributed by atoms with Gasteiger partial charge < -0.3 is 5.73 Å². The molecule has 0 saturated carbocycles. The summed E-state index contributed by atoms with van der Waals surface area (Å²) in [5, 5.41) is 8.70. The van der Waals surface area contributed by atoms with Gasteiger partial charge in [0, 0.05) is 12.2 Å². The van der Waals surface area contributed by atoms with Crippen LogP contribution >= 0.6 is 23.1 Å². The Balaban J connectivity index is 1.98. The first-order valence-electron chi connectivity index (χ1n) is 5.42. The molecule has 0 aliphatic rings. The molecular formula is C11H14N4S2. The van der Waals surface area contributed by atoms with E-state index in [1.54, 1.807) is 5.51 Å². The van der Waals surface area contributed by atoms with E-state index in [2.05, 4.69) is 28.2 Å². The number of rotatable bonds is 5. The monoisotopic (exact) mass is 266 g/mol. The molecule has 0 amide bonds. The average molecular weight is 266 g/mol. The lowest BCUT2D eigenvalue weighted by atomic mass is 10.1. The maximum atomic E-state index is 5.90. The third-order valence-corrected chi connectivity index (χ3v) is 4.08. The minimum absolute atomic E-state index is 0.221. The van der Waals surface area contributed by atoms with E-state index in [0.717, 1.165) is 22.2 Å². The number of aromatic nitrogens is 3. The lowest BCUT2D eigenvalue weighted by Crippen LogP contribution is -2.21. The zero-order chi connectivity index (χ0) is 12.1. The third kappa shape index (κ3) is 3.76. The Kier molecular flexibility index (Phi) is 4.47. The fourth-order valence-corrected chi connectivity index (χ4v) is 2.70. The maximum absolute atomic E-state index is 5.90. The Hall–Kier alpha value is -0.980. The van der Waals surface area contributed by atoms with E-state index >= 15 is 0 Å². The average Bonchev–Trinajstić information content (AvgIpc) is 2.84. The molecule has 0 aliphatic heterocycles. The van der Waals surface area contributed by atoms with Crippen molar-refractivity contribution < 1.29 is 0 Å². The third-order valence-electron chi connectivity index (χ3n) is 2.35. The van der Waals surface area contributed by atoms with Crippen molar-refractivity contribution in [1.82, 2.24) is 15.2 Å². The fraction of sp³-hybridized carbons (Fsp3) is 0.364. The second kappa shape index (κ2) is 6.09. The van der Waals surface area contributed by atoms with Crippen LogP contribution in [0.5, 0.6) is 0 Å². The first-order chi connectivity index (χ1) is 8.28. The first kappa shape index (κ1) is 12.5. The predicted octanol–water partition coefficient (Wildman–Crippen LogP) is 2.36. The van der Waals surface area contributed by atoms with Crippen LogP contribution in [0.3, 0.4) is 0 Å². The van der Waals surface area contributed by atoms with Crippen LogP contribution in [-0.4, -0.2) is 21.2 Å². The van der Waals surface area contributed by atoms with E-state index < -0.39 is 0 Å². The molecule has 2 heterocycles. The summed E-state index contributed by atoms with van der Waals surface area (Å²) in [5.41, 5.74) is 8.80. The van der Waals surface area contributed by atoms with Crippen LogP contribution in [0, 0.1) is 0 Å². The fourth-order valence-electron chi connectivity index (χ4n) is 1.34. The lowest BCUT2D eigenvalue weighted by Gasteiger charge is -2.08. The molecule has 2 N–H and O–H groups in total. The van der Waals surface area contributed by atoms with Crippen molar-refractivity contribution in [3.8, 4) is 0 Å². The number of nitrogens with zero attached hydrogens (tertiary/aromatic N) is 3. The van der Waals surface area contributed by atoms with Crippen LogP contribution in [-0.2, 0) is 6.42 Å². The first-order valence-corrected chi connectivity index (χ1v) is 7.12. The summed E-state index contributed by atoms with van der Waals surface area (Å²) in [6.07, 6.45) is 3.76. The molecular weight excluding hydrogens is 252 g/mol. The maximum Gasteiger partial charge on any atom is 0.180 e. The molecule has 2 aromatic heterocycles. The van der Waals surface area contributed by atoms with E-state index in [9.17, 15) is 0 Å². The van der Waals surface area contributed by atoms with Gasteiger partial charge in [-0.25, -0.2) is 4.98 Å². The minimum Gasteiger partial charge on any atom is -0.327 e. The van der Waals surface area contributed by atoms with Crippen molar-refractivity contribution in [3.05, 3.63) is 29.4 Å². The highest BCUT2D eigenvalue weighted by Crippen LogP contribution is 2.26. The van der Waals surface area contributed by atoms with Gasteiger partial charge in [0.1, 0.15) is 10.5 Å². The SMILES string of the molecule is CCC(N)Cc1ccc(Sc2nncs2)nc1. The Morgan fingerprint density at radius 1 is 1.47 bits per heavy atom. The molecule has 0 bridgehead atoms. The molecule has 1 atom stereocenters. The van der Waals surface area contributed by atoms with Crippen molar-refractivity contribution in [2.45, 2.75) is 35.2 Å². The molecule has 17 heavy (non-hydrogen) atoms. The molecule has 2 rings (SSSR count). The summed E-state index contributed by atoms with van der Waals surface area (Å²) < 4.78 is 0.913. The van der Waals surface area contributed by atoms with E-state index in [0.29, 0.717) is 0 Å². The summed E-state index contributed by atoms with van der Waals surface area (Å²) in [5.74, 6) is 0. The summed E-state index contributed by atoms with van der Waals surface area (Å²) in [6.45, 7) is 2.10. The van der Waals surface area contributed by atoms with Crippen LogP contribution in [0.4, 0.5) is 0 Å². The van der Waals surface area contributed by atoms with Gasteiger partial charge in [0.05, 0.1) is 0 Å². The molecule has 0 aromatic carbocycles. The number of nitrogens with two attached hydrogens (primary N) is 1. The number of hydrogen-bond acceptors (Lipinski definition) is 6. The zero-order valence-corrected chi connectivity index (χ0v) is 11.2. The van der Waals surface area contributed by atoms with Crippen molar-refractivity contribution in [1.29, 1.82) is 0 Å². The molecule has 0 saturated heterocycles. The van der Waals surface area contributed by atoms with E-state index in [-0.39, 0.29) is 6.04 Å². The van der Waals surface area contributed by atoms with Crippen LogP contribution < -0.4 is 5.73 Å². The summed E-state index contributed by atoms with van der Waals surface area (Å²) in [6, 6.07) is 4.30. The molecule has 2 aromatic rings. The molecule has 0 spiro atoms. The largest absolute Gasteiger partial charge is 0.327 e. The highest BCUT2D eigenvalue weighted by Gasteiger charge is 2.04. The quantitative estimate of drug-likeness (QED) is 0.900. The van der Waals surface area contributed by atoms with Gasteiger partial charge >= 0.3 is 0 Å². The minimum atomic E-state index is 0.221. The van der Waals surface area contributed by atoms with Gasteiger partial charge in [0.15, 0.2) is 4.34 Å². The van der Waals surface area contributed by atoms with E-state index in [1.165, 1.54) is 28.7 Å². The molecule has 1 unspecified atom stereocenters. The van der Waals surface area contributed by atoms with Crippen molar-refractivity contribution in [3.63, 3.8) is 0 Å². The Morgan fingerprint density at radius 3 is 2.94 bits per heavy atom. The lowest BCUT2D eigenvalue weighted by molar-refractivity contribution is 0.644. The van der Waals surface area contributed by atoms with Gasteiger partial charge in [-0.15, -0.1) is 10.2 Å². The van der Waals surface area contributed by atoms with Crippen molar-refractivity contribution >= 4 is 23.1 Å². The van der Waals surface area contributed by atoms with Gasteiger partial charge in [0.25, 0.3) is 0 Å². The van der Waals surface area contributed by atoms with Crippen molar-refractivity contribution in [2.75, 3.05) is 0 Å². The summed E-state index contributed by atoms with van der Waals surface area (Å²) in [4.78, 5) is 4.39. The molecule has 6 heteroatoms.